The molecule has 1 saturated heterocycles. The predicted molar refractivity (Wildman–Crippen MR) is 144 cm³/mol. The molecule has 1 fully saturated rings. The van der Waals surface area contributed by atoms with E-state index in [4.69, 9.17) is 9.47 Å². The molecule has 0 atom stereocenters. The number of rotatable bonds is 9. The van der Waals surface area contributed by atoms with Crippen LogP contribution in [0.4, 0.5) is 14.9 Å². The normalized spacial score (nSPS) is 14.0. The highest BCUT2D eigenvalue weighted by Gasteiger charge is 2.35. The lowest BCUT2D eigenvalue weighted by Gasteiger charge is -2.15. The Morgan fingerprint density at radius 1 is 1.11 bits per heavy atom. The van der Waals surface area contributed by atoms with Gasteiger partial charge in [-0.15, -0.1) is 0 Å². The molecule has 3 aromatic carbocycles. The van der Waals surface area contributed by atoms with Gasteiger partial charge in [-0.05, 0) is 88.9 Å². The molecular weight excluding hydrogens is 557 g/mol. The fraction of sp³-hybridized carbons (Fsp3) is 0.179. The lowest BCUT2D eigenvalue weighted by atomic mass is 10.1. The van der Waals surface area contributed by atoms with Crippen molar-refractivity contribution in [1.82, 2.24) is 10.2 Å². The minimum Gasteiger partial charge on any atom is -0.490 e. The van der Waals surface area contributed by atoms with Crippen molar-refractivity contribution in [3.8, 4) is 11.5 Å². The first-order valence-corrected chi connectivity index (χ1v) is 12.6. The van der Waals surface area contributed by atoms with Crippen LogP contribution in [0, 0.1) is 12.7 Å². The van der Waals surface area contributed by atoms with Crippen LogP contribution in [0.15, 0.2) is 70.8 Å². The predicted octanol–water partition coefficient (Wildman–Crippen LogP) is 5.41. The van der Waals surface area contributed by atoms with Crippen LogP contribution in [0.3, 0.4) is 0 Å². The van der Waals surface area contributed by atoms with Crippen molar-refractivity contribution in [2.24, 2.45) is 0 Å². The molecule has 0 aromatic heterocycles. The number of urea groups is 1. The summed E-state index contributed by atoms with van der Waals surface area (Å²) in [6.45, 7) is 3.74. The van der Waals surface area contributed by atoms with E-state index in [2.05, 4.69) is 26.6 Å². The number of halogens is 2. The molecule has 0 spiro atoms. The lowest BCUT2D eigenvalue weighted by molar-refractivity contribution is -0.127. The van der Waals surface area contributed by atoms with Gasteiger partial charge < -0.3 is 20.1 Å². The molecule has 4 rings (SSSR count). The number of benzene rings is 3. The first-order chi connectivity index (χ1) is 18.2. The van der Waals surface area contributed by atoms with Gasteiger partial charge in [-0.2, -0.15) is 0 Å². The zero-order valence-corrected chi connectivity index (χ0v) is 22.3. The van der Waals surface area contributed by atoms with Crippen molar-refractivity contribution in [2.45, 2.75) is 20.5 Å². The summed E-state index contributed by atoms with van der Waals surface area (Å²) in [7, 11) is 0. The summed E-state index contributed by atoms with van der Waals surface area (Å²) in [5.74, 6) is -0.677. The van der Waals surface area contributed by atoms with Gasteiger partial charge in [0, 0.05) is 5.69 Å². The maximum atomic E-state index is 13.5. The van der Waals surface area contributed by atoms with Crippen molar-refractivity contribution in [3.63, 3.8) is 0 Å². The summed E-state index contributed by atoms with van der Waals surface area (Å²) in [5.41, 5.74) is 2.75. The van der Waals surface area contributed by atoms with Gasteiger partial charge in [-0.3, -0.25) is 9.59 Å². The first kappa shape index (κ1) is 26.9. The van der Waals surface area contributed by atoms with Crippen LogP contribution >= 0.6 is 15.9 Å². The number of hydrogen-bond donors (Lipinski definition) is 2. The van der Waals surface area contributed by atoms with Gasteiger partial charge in [0.2, 0.25) is 5.91 Å². The SMILES string of the molecule is CCOc1cc(C=C2NC(=O)N(CC(=O)Nc3cccc(C)c3)C2=O)cc(Br)c1OCc1cccc(F)c1. The number of nitrogens with zero attached hydrogens (tertiary/aromatic N) is 1. The van der Waals surface area contributed by atoms with Crippen LogP contribution in [0.25, 0.3) is 6.08 Å². The van der Waals surface area contributed by atoms with Crippen LogP contribution in [-0.2, 0) is 16.2 Å². The summed E-state index contributed by atoms with van der Waals surface area (Å²) < 4.78 is 25.7. The second-order valence-corrected chi connectivity index (χ2v) is 9.33. The quantitative estimate of drug-likeness (QED) is 0.260. The molecule has 3 aromatic rings. The van der Waals surface area contributed by atoms with Gasteiger partial charge in [-0.25, -0.2) is 14.1 Å². The maximum absolute atomic E-state index is 13.5. The van der Waals surface area contributed by atoms with Crippen LogP contribution < -0.4 is 20.1 Å². The second-order valence-electron chi connectivity index (χ2n) is 8.48. The number of nitrogens with one attached hydrogen (secondary N) is 2. The fourth-order valence-electron chi connectivity index (χ4n) is 3.81. The third-order valence-corrected chi connectivity index (χ3v) is 6.07. The summed E-state index contributed by atoms with van der Waals surface area (Å²) >= 11 is 3.47. The molecule has 0 radical (unpaired) electrons. The van der Waals surface area contributed by atoms with Gasteiger partial charge in [-0.1, -0.05) is 24.3 Å². The minimum atomic E-state index is -0.695. The third-order valence-electron chi connectivity index (χ3n) is 5.48. The Bertz CT molecular complexity index is 1430. The number of ether oxygens (including phenoxy) is 2. The third kappa shape index (κ3) is 6.57. The standard InChI is InChI=1S/C28H25BrFN3O5/c1-3-37-24-14-19(12-22(29)26(24)38-16-18-7-5-8-20(30)11-18)13-23-27(35)33(28(36)32-23)15-25(34)31-21-9-4-6-17(2)10-21/h4-14H,3,15-16H2,1-2H3,(H,31,34)(H,32,36). The number of aryl methyl sites for hydroxylation is 1. The molecule has 0 aliphatic carbocycles. The molecule has 196 valence electrons. The van der Waals surface area contributed by atoms with Crippen molar-refractivity contribution < 1.29 is 28.2 Å². The van der Waals surface area contributed by atoms with Crippen LogP contribution in [-0.4, -0.2) is 35.9 Å². The molecule has 4 amide bonds. The van der Waals surface area contributed by atoms with E-state index < -0.39 is 24.4 Å². The van der Waals surface area contributed by atoms with Crippen LogP contribution in [0.5, 0.6) is 11.5 Å². The summed E-state index contributed by atoms with van der Waals surface area (Å²) in [6, 6.07) is 16.0. The van der Waals surface area contributed by atoms with E-state index in [9.17, 15) is 18.8 Å². The average Bonchev–Trinajstić information content (AvgIpc) is 3.11. The molecule has 2 N–H and O–H groups in total. The van der Waals surface area contributed by atoms with Crippen molar-refractivity contribution in [3.05, 3.63) is 93.3 Å². The molecule has 1 aliphatic rings. The average molecular weight is 582 g/mol. The second kappa shape index (κ2) is 11.9. The van der Waals surface area contributed by atoms with Crippen molar-refractivity contribution in [2.75, 3.05) is 18.5 Å². The van der Waals surface area contributed by atoms with E-state index in [-0.39, 0.29) is 18.1 Å². The Kier molecular flexibility index (Phi) is 8.42. The van der Waals surface area contributed by atoms with E-state index in [1.54, 1.807) is 42.5 Å². The van der Waals surface area contributed by atoms with Gasteiger partial charge in [0.05, 0.1) is 11.1 Å². The Morgan fingerprint density at radius 2 is 1.89 bits per heavy atom. The van der Waals surface area contributed by atoms with E-state index >= 15 is 0 Å². The van der Waals surface area contributed by atoms with Crippen molar-refractivity contribution >= 4 is 45.5 Å². The van der Waals surface area contributed by atoms with Gasteiger partial charge >= 0.3 is 6.03 Å². The van der Waals surface area contributed by atoms with E-state index in [0.29, 0.717) is 39.4 Å². The lowest BCUT2D eigenvalue weighted by Crippen LogP contribution is -2.38. The minimum absolute atomic E-state index is 0.0149. The molecule has 1 heterocycles. The maximum Gasteiger partial charge on any atom is 0.329 e. The summed E-state index contributed by atoms with van der Waals surface area (Å²) in [5, 5.41) is 5.20. The van der Waals surface area contributed by atoms with E-state index in [1.807, 2.05) is 19.9 Å². The van der Waals surface area contributed by atoms with Crippen molar-refractivity contribution in [1.29, 1.82) is 0 Å². The van der Waals surface area contributed by atoms with E-state index in [1.165, 1.54) is 18.2 Å². The fourth-order valence-corrected chi connectivity index (χ4v) is 4.38. The molecule has 10 heteroatoms. The molecule has 0 unspecified atom stereocenters. The van der Waals surface area contributed by atoms with Gasteiger partial charge in [0.25, 0.3) is 5.91 Å². The molecular formula is C28H25BrFN3O5. The summed E-state index contributed by atoms with van der Waals surface area (Å²) in [6.07, 6.45) is 1.49. The monoisotopic (exact) mass is 581 g/mol. The van der Waals surface area contributed by atoms with Crippen LogP contribution in [0.1, 0.15) is 23.6 Å². The Hall–Kier alpha value is -4.18. The molecule has 0 saturated carbocycles. The van der Waals surface area contributed by atoms with E-state index in [0.717, 1.165) is 10.5 Å². The Labute approximate surface area is 227 Å². The molecule has 38 heavy (non-hydrogen) atoms. The highest BCUT2D eigenvalue weighted by molar-refractivity contribution is 9.10. The number of carbonyl (C=O) groups is 3. The first-order valence-electron chi connectivity index (χ1n) is 11.8. The Morgan fingerprint density at radius 3 is 2.63 bits per heavy atom. The van der Waals surface area contributed by atoms with Crippen LogP contribution in [0.2, 0.25) is 0 Å². The molecule has 0 bridgehead atoms. The number of carbonyl (C=O) groups excluding carboxylic acids is 3. The number of anilines is 1. The molecule has 8 nitrogen and oxygen atoms in total. The van der Waals surface area contributed by atoms with Gasteiger partial charge in [0.1, 0.15) is 24.7 Å². The number of hydrogen-bond acceptors (Lipinski definition) is 5. The Balaban J connectivity index is 1.49. The topological polar surface area (TPSA) is 97.0 Å². The summed E-state index contributed by atoms with van der Waals surface area (Å²) in [4.78, 5) is 38.7. The number of imide groups is 1. The highest BCUT2D eigenvalue weighted by atomic mass is 79.9. The highest BCUT2D eigenvalue weighted by Crippen LogP contribution is 2.38. The van der Waals surface area contributed by atoms with Gasteiger partial charge in [0.15, 0.2) is 11.5 Å². The molecule has 1 aliphatic heterocycles. The smallest absolute Gasteiger partial charge is 0.329 e. The largest absolute Gasteiger partial charge is 0.490 e. The zero-order chi connectivity index (χ0) is 27.2. The number of amides is 4. The zero-order valence-electron chi connectivity index (χ0n) is 20.7.